The number of nitrogens with zero attached hydrogens (tertiary/aromatic N) is 1. The molecule has 1 aromatic rings. The number of carboxylic acids is 1. The van der Waals surface area contributed by atoms with Crippen LogP contribution < -0.4 is 5.32 Å². The summed E-state index contributed by atoms with van der Waals surface area (Å²) in [6.07, 6.45) is 4.62. The van der Waals surface area contributed by atoms with E-state index >= 15 is 0 Å². The second kappa shape index (κ2) is 9.14. The molecule has 7 nitrogen and oxygen atoms in total. The van der Waals surface area contributed by atoms with E-state index in [9.17, 15) is 18.0 Å². The second-order valence-corrected chi connectivity index (χ2v) is 8.44. The Labute approximate surface area is 154 Å². The van der Waals surface area contributed by atoms with Gasteiger partial charge in [-0.05, 0) is 37.5 Å². The van der Waals surface area contributed by atoms with Crippen LogP contribution in [0.3, 0.4) is 0 Å². The van der Waals surface area contributed by atoms with Gasteiger partial charge in [0.05, 0.1) is 4.90 Å². The second-order valence-electron chi connectivity index (χ2n) is 6.50. The zero-order valence-corrected chi connectivity index (χ0v) is 15.8. The fourth-order valence-electron chi connectivity index (χ4n) is 3.02. The largest absolute Gasteiger partial charge is 0.480 e. The molecule has 1 aromatic carbocycles. The summed E-state index contributed by atoms with van der Waals surface area (Å²) in [6, 6.07) is 4.80. The highest BCUT2D eigenvalue weighted by atomic mass is 32.2. The van der Waals surface area contributed by atoms with Crippen LogP contribution in [0.25, 0.3) is 0 Å². The van der Waals surface area contributed by atoms with E-state index in [-0.39, 0.29) is 10.5 Å². The van der Waals surface area contributed by atoms with Crippen molar-refractivity contribution in [3.05, 3.63) is 29.8 Å². The zero-order valence-electron chi connectivity index (χ0n) is 15.0. The average Bonchev–Trinajstić information content (AvgIpc) is 2.91. The molecule has 0 saturated carbocycles. The van der Waals surface area contributed by atoms with Crippen molar-refractivity contribution < 1.29 is 23.1 Å². The Morgan fingerprint density at radius 3 is 2.42 bits per heavy atom. The van der Waals surface area contributed by atoms with Crippen LogP contribution in [0.4, 0.5) is 0 Å². The quantitative estimate of drug-likeness (QED) is 0.753. The van der Waals surface area contributed by atoms with Crippen molar-refractivity contribution in [1.82, 2.24) is 9.62 Å². The summed E-state index contributed by atoms with van der Waals surface area (Å²) in [5.74, 6) is -1.69. The lowest BCUT2D eigenvalue weighted by Crippen LogP contribution is -2.40. The third-order valence-electron chi connectivity index (χ3n) is 4.48. The molecule has 0 bridgehead atoms. The summed E-state index contributed by atoms with van der Waals surface area (Å²) < 4.78 is 27.2. The molecule has 144 valence electrons. The van der Waals surface area contributed by atoms with Gasteiger partial charge in [-0.1, -0.05) is 32.3 Å². The van der Waals surface area contributed by atoms with Gasteiger partial charge in [0.15, 0.2) is 0 Å². The van der Waals surface area contributed by atoms with Gasteiger partial charge in [-0.15, -0.1) is 0 Å². The number of carboxylic acid groups (broad SMARTS) is 1. The molecule has 0 aliphatic carbocycles. The van der Waals surface area contributed by atoms with Gasteiger partial charge in [-0.3, -0.25) is 4.79 Å². The Morgan fingerprint density at radius 2 is 1.85 bits per heavy atom. The summed E-state index contributed by atoms with van der Waals surface area (Å²) in [5.41, 5.74) is 0.142. The topological polar surface area (TPSA) is 104 Å². The number of rotatable bonds is 7. The molecule has 1 atom stereocenters. The molecule has 1 saturated heterocycles. The van der Waals surface area contributed by atoms with E-state index in [0.29, 0.717) is 25.9 Å². The summed E-state index contributed by atoms with van der Waals surface area (Å²) >= 11 is 0. The number of amides is 1. The number of carbonyl (C=O) groups excluding carboxylic acids is 1. The third-order valence-corrected chi connectivity index (χ3v) is 6.37. The molecule has 2 N–H and O–H groups in total. The molecule has 0 radical (unpaired) electrons. The molecule has 1 fully saturated rings. The standard InChI is InChI=1S/C18H26N2O5S/c1-2-8-16(18(22)23)19-17(21)14-9-7-10-15(13-14)26(24,25)20-11-5-3-4-6-12-20/h7,9-10,13,16H,2-6,8,11-12H2,1H3,(H,19,21)(H,22,23). The van der Waals surface area contributed by atoms with E-state index in [1.807, 2.05) is 6.92 Å². The highest BCUT2D eigenvalue weighted by Gasteiger charge is 2.26. The molecular weight excluding hydrogens is 356 g/mol. The Kier molecular flexibility index (Phi) is 7.16. The predicted octanol–water partition coefficient (Wildman–Crippen LogP) is 2.23. The third kappa shape index (κ3) is 5.04. The van der Waals surface area contributed by atoms with Crippen LogP contribution in [0.5, 0.6) is 0 Å². The van der Waals surface area contributed by atoms with Crippen LogP contribution in [0.15, 0.2) is 29.2 Å². The van der Waals surface area contributed by atoms with E-state index in [4.69, 9.17) is 5.11 Å². The van der Waals surface area contributed by atoms with Gasteiger partial charge < -0.3 is 10.4 Å². The Morgan fingerprint density at radius 1 is 1.19 bits per heavy atom. The summed E-state index contributed by atoms with van der Waals surface area (Å²) in [6.45, 7) is 2.79. The maximum absolute atomic E-state index is 12.8. The smallest absolute Gasteiger partial charge is 0.326 e. The normalized spacial score (nSPS) is 17.3. The molecular formula is C18H26N2O5S. The average molecular weight is 382 g/mol. The van der Waals surface area contributed by atoms with Crippen molar-refractivity contribution in [3.8, 4) is 0 Å². The van der Waals surface area contributed by atoms with Crippen molar-refractivity contribution in [2.45, 2.75) is 56.4 Å². The minimum atomic E-state index is -3.66. The van der Waals surface area contributed by atoms with Gasteiger partial charge in [0, 0.05) is 18.7 Å². The van der Waals surface area contributed by atoms with Gasteiger partial charge in [-0.25, -0.2) is 13.2 Å². The number of aliphatic carboxylic acids is 1. The van der Waals surface area contributed by atoms with Crippen molar-refractivity contribution in [1.29, 1.82) is 0 Å². The summed E-state index contributed by atoms with van der Waals surface area (Å²) in [5, 5.41) is 11.6. The van der Waals surface area contributed by atoms with Crippen LogP contribution in [0.2, 0.25) is 0 Å². The van der Waals surface area contributed by atoms with Crippen LogP contribution in [-0.2, 0) is 14.8 Å². The number of benzene rings is 1. The molecule has 1 heterocycles. The van der Waals surface area contributed by atoms with Crippen molar-refractivity contribution in [2.24, 2.45) is 0 Å². The maximum atomic E-state index is 12.8. The Bertz CT molecular complexity index is 740. The van der Waals surface area contributed by atoms with Crippen molar-refractivity contribution >= 4 is 21.9 Å². The zero-order chi connectivity index (χ0) is 19.2. The van der Waals surface area contributed by atoms with Crippen molar-refractivity contribution in [2.75, 3.05) is 13.1 Å². The lowest BCUT2D eigenvalue weighted by molar-refractivity contribution is -0.139. The molecule has 0 aromatic heterocycles. The highest BCUT2D eigenvalue weighted by Crippen LogP contribution is 2.21. The monoisotopic (exact) mass is 382 g/mol. The minimum absolute atomic E-state index is 0.0643. The maximum Gasteiger partial charge on any atom is 0.326 e. The highest BCUT2D eigenvalue weighted by molar-refractivity contribution is 7.89. The van der Waals surface area contributed by atoms with E-state index in [0.717, 1.165) is 25.7 Å². The number of hydrogen-bond donors (Lipinski definition) is 2. The first-order valence-corrected chi connectivity index (χ1v) is 10.4. The first-order chi connectivity index (χ1) is 12.4. The van der Waals surface area contributed by atoms with Crippen LogP contribution in [0, 0.1) is 0 Å². The first kappa shape index (κ1) is 20.4. The SMILES string of the molecule is CCCC(NC(=O)c1cccc(S(=O)(=O)N2CCCCCC2)c1)C(=O)O. The van der Waals surface area contributed by atoms with Gasteiger partial charge in [0.2, 0.25) is 10.0 Å². The molecule has 1 unspecified atom stereocenters. The number of nitrogens with one attached hydrogen (secondary N) is 1. The van der Waals surface area contributed by atoms with Crippen LogP contribution >= 0.6 is 0 Å². The van der Waals surface area contributed by atoms with Crippen LogP contribution in [0.1, 0.15) is 55.8 Å². The fraction of sp³-hybridized carbons (Fsp3) is 0.556. The first-order valence-electron chi connectivity index (χ1n) is 9.00. The number of sulfonamides is 1. The molecule has 1 aliphatic heterocycles. The van der Waals surface area contributed by atoms with E-state index in [1.54, 1.807) is 0 Å². The Balaban J connectivity index is 2.20. The molecule has 8 heteroatoms. The number of hydrogen-bond acceptors (Lipinski definition) is 4. The summed E-state index contributed by atoms with van der Waals surface area (Å²) in [7, 11) is -3.66. The lowest BCUT2D eigenvalue weighted by Gasteiger charge is -2.20. The van der Waals surface area contributed by atoms with Gasteiger partial charge in [0.1, 0.15) is 6.04 Å². The fourth-order valence-corrected chi connectivity index (χ4v) is 4.58. The van der Waals surface area contributed by atoms with Gasteiger partial charge in [-0.2, -0.15) is 4.31 Å². The molecule has 2 rings (SSSR count). The van der Waals surface area contributed by atoms with Gasteiger partial charge >= 0.3 is 5.97 Å². The van der Waals surface area contributed by atoms with Crippen LogP contribution in [-0.4, -0.2) is 48.8 Å². The lowest BCUT2D eigenvalue weighted by atomic mass is 10.1. The predicted molar refractivity (Wildman–Crippen MR) is 97.5 cm³/mol. The molecule has 1 aliphatic rings. The molecule has 1 amide bonds. The molecule has 26 heavy (non-hydrogen) atoms. The van der Waals surface area contributed by atoms with E-state index in [1.165, 1.54) is 28.6 Å². The number of carbonyl (C=O) groups is 2. The van der Waals surface area contributed by atoms with E-state index in [2.05, 4.69) is 5.32 Å². The molecule has 0 spiro atoms. The van der Waals surface area contributed by atoms with E-state index < -0.39 is 27.9 Å². The summed E-state index contributed by atoms with van der Waals surface area (Å²) in [4.78, 5) is 23.6. The Hall–Kier alpha value is -1.93. The van der Waals surface area contributed by atoms with Gasteiger partial charge in [0.25, 0.3) is 5.91 Å². The minimum Gasteiger partial charge on any atom is -0.480 e. The van der Waals surface area contributed by atoms with Crippen molar-refractivity contribution in [3.63, 3.8) is 0 Å².